The van der Waals surface area contributed by atoms with Crippen LogP contribution in [0.2, 0.25) is 0 Å². The van der Waals surface area contributed by atoms with Gasteiger partial charge in [0.15, 0.2) is 0 Å². The molecule has 6 aromatic carbocycles. The van der Waals surface area contributed by atoms with Crippen LogP contribution in [0, 0.1) is 6.92 Å². The summed E-state index contributed by atoms with van der Waals surface area (Å²) in [5.74, 6) is 0.198. The van der Waals surface area contributed by atoms with Crippen LogP contribution in [0.5, 0.6) is 5.75 Å². The topological polar surface area (TPSA) is 55.4 Å². The average molecular weight is 695 g/mol. The lowest BCUT2D eigenvalue weighted by Gasteiger charge is -2.14. The number of hydrogen-bond donors (Lipinski definition) is 1. The molecule has 256 valence electrons. The number of fused-ring (bicyclic) bond motifs is 4. The average Bonchev–Trinajstić information content (AvgIpc) is 3.78. The van der Waals surface area contributed by atoms with E-state index in [1.165, 1.54) is 27.4 Å². The molecular weight excluding hydrogens is 661 g/mol. The number of phenols is 1. The van der Waals surface area contributed by atoms with Crippen LogP contribution in [-0.2, 0) is 0 Å². The molecule has 4 heterocycles. The second-order valence-electron chi connectivity index (χ2n) is 13.7. The van der Waals surface area contributed by atoms with Crippen LogP contribution in [-0.4, -0.2) is 24.0 Å². The molecule has 0 aliphatic rings. The molecule has 0 fully saturated rings. The number of hydrogen-bond acceptors (Lipinski definition) is 3. The highest BCUT2D eigenvalue weighted by molar-refractivity contribution is 6.09. The van der Waals surface area contributed by atoms with E-state index in [0.29, 0.717) is 11.3 Å². The number of aryl methyl sites for hydroxylation is 1. The van der Waals surface area contributed by atoms with Crippen molar-refractivity contribution in [1.82, 2.24) is 18.9 Å². The largest absolute Gasteiger partial charge is 0.507 e. The van der Waals surface area contributed by atoms with Gasteiger partial charge in [-0.05, 0) is 90.3 Å². The maximum atomic E-state index is 10.9. The molecule has 10 rings (SSSR count). The fourth-order valence-electron chi connectivity index (χ4n) is 7.85. The summed E-state index contributed by atoms with van der Waals surface area (Å²) in [5, 5.41) is 13.3. The van der Waals surface area contributed by atoms with E-state index in [2.05, 4.69) is 168 Å². The predicted octanol–water partition coefficient (Wildman–Crippen LogP) is 12.2. The zero-order valence-corrected chi connectivity index (χ0v) is 29.6. The van der Waals surface area contributed by atoms with Crippen molar-refractivity contribution >= 4 is 27.5 Å². The molecule has 0 saturated carbocycles. The zero-order valence-electron chi connectivity index (χ0n) is 29.6. The number of aromatic hydroxyl groups is 1. The Kier molecular flexibility index (Phi) is 7.44. The van der Waals surface area contributed by atoms with Crippen molar-refractivity contribution in [2.45, 2.75) is 6.92 Å². The van der Waals surface area contributed by atoms with Gasteiger partial charge in [0.2, 0.25) is 0 Å². The van der Waals surface area contributed by atoms with Crippen molar-refractivity contribution < 1.29 is 5.11 Å². The maximum Gasteiger partial charge on any atom is 0.137 e. The van der Waals surface area contributed by atoms with Crippen LogP contribution >= 0.6 is 0 Å². The van der Waals surface area contributed by atoms with Crippen LogP contribution in [0.3, 0.4) is 0 Å². The number of rotatable bonds is 6. The molecule has 0 radical (unpaired) electrons. The van der Waals surface area contributed by atoms with Gasteiger partial charge < -0.3 is 9.67 Å². The van der Waals surface area contributed by atoms with E-state index in [1.54, 1.807) is 6.07 Å². The Bertz CT molecular complexity index is 2930. The third kappa shape index (κ3) is 5.25. The highest BCUT2D eigenvalue weighted by Gasteiger charge is 2.19. The molecule has 0 spiro atoms. The summed E-state index contributed by atoms with van der Waals surface area (Å²) in [7, 11) is 0. The number of pyridine rings is 2. The second-order valence-corrected chi connectivity index (χ2v) is 13.7. The molecule has 0 atom stereocenters. The first-order valence-corrected chi connectivity index (χ1v) is 18.1. The van der Waals surface area contributed by atoms with Crippen molar-refractivity contribution in [3.8, 4) is 67.6 Å². The normalized spacial score (nSPS) is 11.5. The quantitative estimate of drug-likeness (QED) is 0.188. The Hall–Kier alpha value is -7.24. The molecule has 5 heteroatoms. The van der Waals surface area contributed by atoms with Gasteiger partial charge in [-0.2, -0.15) is 0 Å². The van der Waals surface area contributed by atoms with Crippen molar-refractivity contribution in [1.29, 1.82) is 0 Å². The van der Waals surface area contributed by atoms with Gasteiger partial charge in [-0.25, -0.2) is 9.97 Å². The third-order valence-corrected chi connectivity index (χ3v) is 10.4. The summed E-state index contributed by atoms with van der Waals surface area (Å²) < 4.78 is 4.53. The first-order chi connectivity index (χ1) is 26.6. The Morgan fingerprint density at radius 3 is 1.93 bits per heavy atom. The molecule has 1 N–H and O–H groups in total. The van der Waals surface area contributed by atoms with E-state index in [4.69, 9.17) is 9.97 Å². The highest BCUT2D eigenvalue weighted by Crippen LogP contribution is 2.39. The van der Waals surface area contributed by atoms with Gasteiger partial charge in [0.05, 0.1) is 33.8 Å². The molecule has 0 unspecified atom stereocenters. The molecule has 0 amide bonds. The van der Waals surface area contributed by atoms with E-state index in [9.17, 15) is 5.11 Å². The summed E-state index contributed by atoms with van der Waals surface area (Å²) in [6.45, 7) is 2.12. The molecule has 0 bridgehead atoms. The van der Waals surface area contributed by atoms with Gasteiger partial charge in [0, 0.05) is 44.9 Å². The standard InChI is InChI=1S/C49H34N4O/c1-32-14-2-3-19-38(32)36-30-42(50-43(31-36)41-22-6-9-25-46(41)54)33-15-12-16-34(28-33)48-49(52-27-11-10-26-47(52)51-48)35-17-13-18-37(29-35)53-44-23-7-4-20-39(44)40-21-5-8-24-45(40)53/h2-31,54H,1H3. The number of imidazole rings is 1. The van der Waals surface area contributed by atoms with Crippen LogP contribution in [0.4, 0.5) is 0 Å². The fraction of sp³-hybridized carbons (Fsp3) is 0.0204. The molecule has 0 saturated heterocycles. The first kappa shape index (κ1) is 31.5. The lowest BCUT2D eigenvalue weighted by molar-refractivity contribution is 0.477. The van der Waals surface area contributed by atoms with E-state index < -0.39 is 0 Å². The Labute approximate surface area is 312 Å². The minimum absolute atomic E-state index is 0.198. The van der Waals surface area contributed by atoms with Crippen molar-refractivity contribution in [3.05, 3.63) is 188 Å². The molecular formula is C49H34N4O. The fourth-order valence-corrected chi connectivity index (χ4v) is 7.85. The van der Waals surface area contributed by atoms with E-state index in [1.807, 2.05) is 24.3 Å². The second kappa shape index (κ2) is 12.8. The lowest BCUT2D eigenvalue weighted by Crippen LogP contribution is -1.96. The van der Waals surface area contributed by atoms with E-state index >= 15 is 0 Å². The number of phenolic OH excluding ortho intramolecular Hbond substituents is 1. The summed E-state index contributed by atoms with van der Waals surface area (Å²) >= 11 is 0. The Morgan fingerprint density at radius 1 is 0.481 bits per heavy atom. The van der Waals surface area contributed by atoms with Gasteiger partial charge in [0.25, 0.3) is 0 Å². The molecule has 10 aromatic rings. The molecule has 0 aliphatic heterocycles. The van der Waals surface area contributed by atoms with Gasteiger partial charge in [-0.1, -0.05) is 109 Å². The van der Waals surface area contributed by atoms with Gasteiger partial charge >= 0.3 is 0 Å². The Balaban J connectivity index is 1.15. The lowest BCUT2D eigenvalue weighted by atomic mass is 9.96. The summed E-state index contributed by atoms with van der Waals surface area (Å²) in [6.07, 6.45) is 2.09. The molecule has 54 heavy (non-hydrogen) atoms. The predicted molar refractivity (Wildman–Crippen MR) is 221 cm³/mol. The molecule has 4 aromatic heterocycles. The van der Waals surface area contributed by atoms with Gasteiger partial charge in [-0.15, -0.1) is 0 Å². The summed E-state index contributed by atoms with van der Waals surface area (Å²) in [4.78, 5) is 10.4. The minimum atomic E-state index is 0.198. The Morgan fingerprint density at radius 2 is 1.13 bits per heavy atom. The van der Waals surface area contributed by atoms with E-state index in [0.717, 1.165) is 56.2 Å². The van der Waals surface area contributed by atoms with Gasteiger partial charge in [0.1, 0.15) is 11.4 Å². The van der Waals surface area contributed by atoms with Crippen LogP contribution in [0.15, 0.2) is 182 Å². The van der Waals surface area contributed by atoms with E-state index in [-0.39, 0.29) is 5.75 Å². The number of aromatic nitrogens is 4. The minimum Gasteiger partial charge on any atom is -0.507 e. The van der Waals surface area contributed by atoms with Crippen molar-refractivity contribution in [3.63, 3.8) is 0 Å². The maximum absolute atomic E-state index is 10.9. The highest BCUT2D eigenvalue weighted by atomic mass is 16.3. The SMILES string of the molecule is Cc1ccccc1-c1cc(-c2cccc(-c3nc4ccccn4c3-c3cccc(-n4c5ccccc5c5ccccc54)c3)c2)nc(-c2ccccc2O)c1. The molecule has 0 aliphatic carbocycles. The number of benzene rings is 6. The van der Waals surface area contributed by atoms with Gasteiger partial charge in [-0.3, -0.25) is 4.40 Å². The summed E-state index contributed by atoms with van der Waals surface area (Å²) in [6, 6.07) is 60.6. The van der Waals surface area contributed by atoms with Crippen LogP contribution < -0.4 is 0 Å². The monoisotopic (exact) mass is 694 g/mol. The number of para-hydroxylation sites is 3. The number of nitrogens with zero attached hydrogens (tertiary/aromatic N) is 4. The van der Waals surface area contributed by atoms with Crippen molar-refractivity contribution in [2.75, 3.05) is 0 Å². The summed E-state index contributed by atoms with van der Waals surface area (Å²) in [5.41, 5.74) is 14.8. The smallest absolute Gasteiger partial charge is 0.137 e. The zero-order chi connectivity index (χ0) is 36.2. The first-order valence-electron chi connectivity index (χ1n) is 18.1. The van der Waals surface area contributed by atoms with Crippen LogP contribution in [0.25, 0.3) is 89.3 Å². The third-order valence-electron chi connectivity index (χ3n) is 10.4. The van der Waals surface area contributed by atoms with Crippen LogP contribution in [0.1, 0.15) is 5.56 Å². The molecule has 5 nitrogen and oxygen atoms in total. The van der Waals surface area contributed by atoms with Crippen molar-refractivity contribution in [2.24, 2.45) is 0 Å².